The molecule has 1 aliphatic carbocycles. The first-order chi connectivity index (χ1) is 34.8. The molecule has 1 aliphatic rings. The molecule has 0 aliphatic heterocycles. The standard InChI is InChI=1S/C69H47N/c1-4-23-49(24-5-1)57-40-20-27-50-28-21-41-60(67(50)57)58-36-13-16-45-65(58)70(54-34-18-29-51(47-54)56-39-19-26-48-25-10-11-35-55(48)56)66-46-17-14-37-59(66)61-42-22-44-64-68(61)62-38-12-15-43-63(62)69(64,52-30-6-2-7-31-52)53-32-8-3-9-33-53/h1-47H. The molecule has 328 valence electrons. The topological polar surface area (TPSA) is 3.24 Å². The first-order valence-electron chi connectivity index (χ1n) is 24.3. The van der Waals surface area contributed by atoms with Crippen LogP contribution >= 0.6 is 0 Å². The van der Waals surface area contributed by atoms with Gasteiger partial charge in [-0.25, -0.2) is 0 Å². The average Bonchev–Trinajstić information content (AvgIpc) is 3.75. The first kappa shape index (κ1) is 41.2. The van der Waals surface area contributed by atoms with Gasteiger partial charge in [0, 0.05) is 16.8 Å². The second-order valence-corrected chi connectivity index (χ2v) is 18.3. The Hall–Kier alpha value is -9.04. The van der Waals surface area contributed by atoms with Crippen LogP contribution < -0.4 is 4.90 Å². The van der Waals surface area contributed by atoms with E-state index in [-0.39, 0.29) is 0 Å². The normalized spacial score (nSPS) is 12.4. The first-order valence-corrected chi connectivity index (χ1v) is 24.3. The lowest BCUT2D eigenvalue weighted by molar-refractivity contribution is 0.768. The van der Waals surface area contributed by atoms with E-state index in [9.17, 15) is 0 Å². The van der Waals surface area contributed by atoms with Crippen molar-refractivity contribution in [3.63, 3.8) is 0 Å². The second kappa shape index (κ2) is 17.2. The molecule has 12 aromatic carbocycles. The predicted molar refractivity (Wildman–Crippen MR) is 295 cm³/mol. The highest BCUT2D eigenvalue weighted by Crippen LogP contribution is 2.59. The van der Waals surface area contributed by atoms with Gasteiger partial charge in [0.05, 0.1) is 16.8 Å². The molecule has 13 rings (SSSR count). The molecule has 1 heteroatoms. The summed E-state index contributed by atoms with van der Waals surface area (Å²) in [7, 11) is 0. The summed E-state index contributed by atoms with van der Waals surface area (Å²) < 4.78 is 0. The summed E-state index contributed by atoms with van der Waals surface area (Å²) in [6.45, 7) is 0. The van der Waals surface area contributed by atoms with Crippen LogP contribution in [-0.2, 0) is 5.41 Å². The number of nitrogens with zero attached hydrogens (tertiary/aromatic N) is 1. The molecule has 0 N–H and O–H groups in total. The van der Waals surface area contributed by atoms with E-state index in [4.69, 9.17) is 0 Å². The van der Waals surface area contributed by atoms with Crippen LogP contribution in [-0.4, -0.2) is 0 Å². The van der Waals surface area contributed by atoms with Crippen LogP contribution in [0.25, 0.3) is 77.2 Å². The van der Waals surface area contributed by atoms with Crippen molar-refractivity contribution in [3.05, 3.63) is 307 Å². The van der Waals surface area contributed by atoms with E-state index < -0.39 is 5.41 Å². The maximum absolute atomic E-state index is 2.52. The fourth-order valence-electron chi connectivity index (χ4n) is 11.6. The van der Waals surface area contributed by atoms with E-state index >= 15 is 0 Å². The summed E-state index contributed by atoms with van der Waals surface area (Å²) in [6.07, 6.45) is 0. The van der Waals surface area contributed by atoms with Gasteiger partial charge in [-0.1, -0.05) is 261 Å². The fourth-order valence-corrected chi connectivity index (χ4v) is 11.6. The molecule has 0 atom stereocenters. The minimum atomic E-state index is -0.525. The average molecular weight is 890 g/mol. The summed E-state index contributed by atoms with van der Waals surface area (Å²) in [6, 6.07) is 105. The monoisotopic (exact) mass is 889 g/mol. The van der Waals surface area contributed by atoms with Gasteiger partial charge in [0.1, 0.15) is 0 Å². The van der Waals surface area contributed by atoms with Crippen molar-refractivity contribution in [3.8, 4) is 55.6 Å². The zero-order valence-corrected chi connectivity index (χ0v) is 38.6. The number of para-hydroxylation sites is 2. The fraction of sp³-hybridized carbons (Fsp3) is 0.0145. The zero-order valence-electron chi connectivity index (χ0n) is 38.6. The summed E-state index contributed by atoms with van der Waals surface area (Å²) in [5, 5.41) is 4.90. The molecule has 0 amide bonds. The third-order valence-electron chi connectivity index (χ3n) is 14.5. The highest BCUT2D eigenvalue weighted by Gasteiger charge is 2.47. The molecule has 0 aromatic heterocycles. The van der Waals surface area contributed by atoms with Gasteiger partial charge in [0.15, 0.2) is 0 Å². The van der Waals surface area contributed by atoms with Crippen LogP contribution in [0.4, 0.5) is 17.1 Å². The van der Waals surface area contributed by atoms with Gasteiger partial charge in [-0.2, -0.15) is 0 Å². The maximum Gasteiger partial charge on any atom is 0.0713 e. The quantitative estimate of drug-likeness (QED) is 0.140. The number of fused-ring (bicyclic) bond motifs is 5. The molecule has 0 saturated heterocycles. The molecule has 1 nitrogen and oxygen atoms in total. The Bertz CT molecular complexity index is 3840. The molecular weight excluding hydrogens is 843 g/mol. The largest absolute Gasteiger partial charge is 0.309 e. The van der Waals surface area contributed by atoms with E-state index in [0.29, 0.717) is 0 Å². The number of hydrogen-bond donors (Lipinski definition) is 0. The van der Waals surface area contributed by atoms with Crippen molar-refractivity contribution < 1.29 is 0 Å². The Kier molecular flexibility index (Phi) is 10.1. The van der Waals surface area contributed by atoms with E-state index in [1.54, 1.807) is 0 Å². The molecule has 0 heterocycles. The third-order valence-corrected chi connectivity index (χ3v) is 14.5. The minimum Gasteiger partial charge on any atom is -0.309 e. The number of hydrogen-bond acceptors (Lipinski definition) is 1. The van der Waals surface area contributed by atoms with E-state index in [2.05, 4.69) is 290 Å². The van der Waals surface area contributed by atoms with Crippen molar-refractivity contribution in [1.29, 1.82) is 0 Å². The molecule has 12 aromatic rings. The van der Waals surface area contributed by atoms with Gasteiger partial charge in [0.2, 0.25) is 0 Å². The summed E-state index contributed by atoms with van der Waals surface area (Å²) in [5.74, 6) is 0. The highest BCUT2D eigenvalue weighted by molar-refractivity contribution is 6.10. The van der Waals surface area contributed by atoms with E-state index in [1.165, 1.54) is 82.7 Å². The van der Waals surface area contributed by atoms with Crippen molar-refractivity contribution in [1.82, 2.24) is 0 Å². The summed E-state index contributed by atoms with van der Waals surface area (Å²) in [5.41, 5.74) is 19.8. The number of anilines is 3. The van der Waals surface area contributed by atoms with E-state index in [0.717, 1.165) is 33.8 Å². The maximum atomic E-state index is 2.52. The molecule has 0 bridgehead atoms. The summed E-state index contributed by atoms with van der Waals surface area (Å²) >= 11 is 0. The van der Waals surface area contributed by atoms with Crippen LogP contribution in [0.2, 0.25) is 0 Å². The van der Waals surface area contributed by atoms with Crippen LogP contribution in [0.3, 0.4) is 0 Å². The zero-order chi connectivity index (χ0) is 46.4. The lowest BCUT2D eigenvalue weighted by Crippen LogP contribution is -2.28. The van der Waals surface area contributed by atoms with E-state index in [1.807, 2.05) is 0 Å². The third kappa shape index (κ3) is 6.62. The van der Waals surface area contributed by atoms with Crippen LogP contribution in [0, 0.1) is 0 Å². The Morgan fingerprint density at radius 3 is 1.44 bits per heavy atom. The predicted octanol–water partition coefficient (Wildman–Crippen LogP) is 18.5. The van der Waals surface area contributed by atoms with Gasteiger partial charge in [-0.3, -0.25) is 0 Å². The molecule has 0 spiro atoms. The van der Waals surface area contributed by atoms with Gasteiger partial charge in [-0.15, -0.1) is 0 Å². The Morgan fingerprint density at radius 2 is 0.729 bits per heavy atom. The number of benzene rings is 12. The highest BCUT2D eigenvalue weighted by atomic mass is 15.1. The Morgan fingerprint density at radius 1 is 0.271 bits per heavy atom. The number of rotatable bonds is 9. The molecular formula is C69H47N. The van der Waals surface area contributed by atoms with Crippen molar-refractivity contribution in [2.45, 2.75) is 5.41 Å². The van der Waals surface area contributed by atoms with Crippen LogP contribution in [0.5, 0.6) is 0 Å². The minimum absolute atomic E-state index is 0.525. The van der Waals surface area contributed by atoms with Gasteiger partial charge in [-0.05, 0) is 113 Å². The lowest BCUT2D eigenvalue weighted by Gasteiger charge is -2.34. The lowest BCUT2D eigenvalue weighted by atomic mass is 9.67. The Balaban J connectivity index is 1.09. The van der Waals surface area contributed by atoms with Gasteiger partial charge < -0.3 is 4.90 Å². The molecule has 0 saturated carbocycles. The SMILES string of the molecule is c1ccc(-c2cccc3cccc(-c4ccccc4N(c4cccc(-c5cccc6ccccc56)c4)c4ccccc4-c4cccc5c4-c4ccccc4C5(c4ccccc4)c4ccccc4)c23)cc1. The van der Waals surface area contributed by atoms with Crippen molar-refractivity contribution >= 4 is 38.6 Å². The molecule has 0 fully saturated rings. The smallest absolute Gasteiger partial charge is 0.0713 e. The van der Waals surface area contributed by atoms with Crippen molar-refractivity contribution in [2.24, 2.45) is 0 Å². The van der Waals surface area contributed by atoms with Crippen LogP contribution in [0.1, 0.15) is 22.3 Å². The summed E-state index contributed by atoms with van der Waals surface area (Å²) in [4.78, 5) is 2.52. The molecule has 0 unspecified atom stereocenters. The van der Waals surface area contributed by atoms with Crippen LogP contribution in [0.15, 0.2) is 285 Å². The molecule has 70 heavy (non-hydrogen) atoms. The second-order valence-electron chi connectivity index (χ2n) is 18.3. The van der Waals surface area contributed by atoms with Gasteiger partial charge >= 0.3 is 0 Å². The van der Waals surface area contributed by atoms with Gasteiger partial charge in [0.25, 0.3) is 0 Å². The Labute approximate surface area is 409 Å². The molecule has 0 radical (unpaired) electrons. The van der Waals surface area contributed by atoms with Crippen molar-refractivity contribution in [2.75, 3.05) is 4.90 Å².